The Morgan fingerprint density at radius 1 is 1.00 bits per heavy atom. The molecule has 1 saturated heterocycles. The summed E-state index contributed by atoms with van der Waals surface area (Å²) in [6.07, 6.45) is 5.38. The molecule has 2 aliphatic heterocycles. The van der Waals surface area contributed by atoms with E-state index in [0.717, 1.165) is 31.1 Å². The number of nitrogens with zero attached hydrogens (tertiary/aromatic N) is 1. The van der Waals surface area contributed by atoms with Crippen LogP contribution >= 0.6 is 0 Å². The van der Waals surface area contributed by atoms with Gasteiger partial charge in [-0.15, -0.1) is 0 Å². The largest absolute Gasteiger partial charge is 0.496 e. The number of fused-ring (bicyclic) bond motifs is 5. The van der Waals surface area contributed by atoms with Crippen molar-refractivity contribution in [2.45, 2.75) is 37.3 Å². The topological polar surface area (TPSA) is 55.8 Å². The fourth-order valence-corrected chi connectivity index (χ4v) is 6.02. The predicted octanol–water partition coefficient (Wildman–Crippen LogP) is 6.08. The number of methoxy groups -OCH3 is 1. The lowest BCUT2D eigenvalue weighted by Gasteiger charge is -2.33. The van der Waals surface area contributed by atoms with Gasteiger partial charge in [0.15, 0.2) is 6.29 Å². The van der Waals surface area contributed by atoms with Crippen LogP contribution in [0.15, 0.2) is 72.8 Å². The molecule has 0 radical (unpaired) electrons. The zero-order chi connectivity index (χ0) is 23.9. The van der Waals surface area contributed by atoms with Crippen LogP contribution in [0.1, 0.15) is 52.2 Å². The third-order valence-corrected chi connectivity index (χ3v) is 7.67. The van der Waals surface area contributed by atoms with Crippen molar-refractivity contribution in [2.75, 3.05) is 13.7 Å². The van der Waals surface area contributed by atoms with Crippen LogP contribution in [0.25, 0.3) is 16.7 Å². The maximum absolute atomic E-state index is 13.3. The van der Waals surface area contributed by atoms with E-state index >= 15 is 0 Å². The van der Waals surface area contributed by atoms with Crippen molar-refractivity contribution in [1.82, 2.24) is 4.90 Å². The first-order chi connectivity index (χ1) is 17.2. The third-order valence-electron chi connectivity index (χ3n) is 7.67. The standard InChI is InChI=1S/C30H27NO4/c1-34-29-13-10-19(14-21(29)17-32)20-15-22-11-12-23(16-20)31(22)30(33)35-18-28-26-8-4-2-6-24(26)25-7-3-5-9-27(25)28/h2-10,13-15,17,22-23,28H,11-12,16,18H2,1H3. The van der Waals surface area contributed by atoms with Crippen molar-refractivity contribution >= 4 is 18.0 Å². The van der Waals surface area contributed by atoms with Gasteiger partial charge in [-0.3, -0.25) is 9.69 Å². The van der Waals surface area contributed by atoms with Crippen molar-refractivity contribution in [2.24, 2.45) is 0 Å². The minimum atomic E-state index is -0.238. The summed E-state index contributed by atoms with van der Waals surface area (Å²) < 4.78 is 11.2. The van der Waals surface area contributed by atoms with Gasteiger partial charge < -0.3 is 9.47 Å². The first kappa shape index (κ1) is 21.7. The highest BCUT2D eigenvalue weighted by Gasteiger charge is 2.41. The molecule has 3 aromatic rings. The fraction of sp³-hybridized carbons (Fsp3) is 0.267. The lowest BCUT2D eigenvalue weighted by Crippen LogP contribution is -2.43. The quantitative estimate of drug-likeness (QED) is 0.429. The Balaban J connectivity index is 1.20. The van der Waals surface area contributed by atoms with Gasteiger partial charge in [0.25, 0.3) is 0 Å². The molecule has 3 aromatic carbocycles. The van der Waals surface area contributed by atoms with Crippen LogP contribution in [0, 0.1) is 0 Å². The molecule has 2 heterocycles. The Labute approximate surface area is 205 Å². The molecule has 1 amide bonds. The van der Waals surface area contributed by atoms with Crippen molar-refractivity contribution in [3.8, 4) is 16.9 Å². The lowest BCUT2D eigenvalue weighted by atomic mass is 9.93. The summed E-state index contributed by atoms with van der Waals surface area (Å²) in [4.78, 5) is 26.7. The number of aldehydes is 1. The van der Waals surface area contributed by atoms with Gasteiger partial charge in [0.1, 0.15) is 12.4 Å². The summed E-state index contributed by atoms with van der Waals surface area (Å²) >= 11 is 0. The van der Waals surface area contributed by atoms with Crippen LogP contribution in [-0.2, 0) is 4.74 Å². The van der Waals surface area contributed by atoms with Gasteiger partial charge in [0.2, 0.25) is 0 Å². The SMILES string of the molecule is COc1ccc(C2=CC3CCC(C2)N3C(=O)OCC2c3ccccc3-c3ccccc32)cc1C=O. The van der Waals surface area contributed by atoms with Crippen molar-refractivity contribution in [3.05, 3.63) is 95.1 Å². The molecule has 5 heteroatoms. The van der Waals surface area contributed by atoms with Gasteiger partial charge >= 0.3 is 6.09 Å². The van der Waals surface area contributed by atoms with E-state index in [9.17, 15) is 9.59 Å². The second kappa shape index (κ2) is 8.73. The molecule has 2 unspecified atom stereocenters. The van der Waals surface area contributed by atoms with E-state index in [2.05, 4.69) is 42.5 Å². The van der Waals surface area contributed by atoms with Crippen LogP contribution < -0.4 is 4.74 Å². The molecular formula is C30H27NO4. The fourth-order valence-electron chi connectivity index (χ4n) is 6.02. The third kappa shape index (κ3) is 3.63. The highest BCUT2D eigenvalue weighted by molar-refractivity contribution is 5.83. The van der Waals surface area contributed by atoms with Gasteiger partial charge in [-0.25, -0.2) is 4.79 Å². The van der Waals surface area contributed by atoms with E-state index in [1.165, 1.54) is 27.8 Å². The zero-order valence-electron chi connectivity index (χ0n) is 19.6. The summed E-state index contributed by atoms with van der Waals surface area (Å²) in [5, 5.41) is 0. The molecule has 176 valence electrons. The van der Waals surface area contributed by atoms with Gasteiger partial charge in [0, 0.05) is 12.0 Å². The summed E-state index contributed by atoms with van der Waals surface area (Å²) in [6.45, 7) is 0.334. The van der Waals surface area contributed by atoms with E-state index < -0.39 is 0 Å². The van der Waals surface area contributed by atoms with E-state index in [-0.39, 0.29) is 24.1 Å². The molecule has 0 N–H and O–H groups in total. The smallest absolute Gasteiger partial charge is 0.410 e. The summed E-state index contributed by atoms with van der Waals surface area (Å²) in [7, 11) is 1.56. The number of benzene rings is 3. The average molecular weight is 466 g/mol. The molecule has 5 nitrogen and oxygen atoms in total. The number of carbonyl (C=O) groups is 2. The molecular weight excluding hydrogens is 438 g/mol. The molecule has 0 saturated carbocycles. The molecule has 3 aliphatic rings. The van der Waals surface area contributed by atoms with Crippen LogP contribution in [0.2, 0.25) is 0 Å². The summed E-state index contributed by atoms with van der Waals surface area (Å²) in [6, 6.07) is 22.6. The molecule has 35 heavy (non-hydrogen) atoms. The monoisotopic (exact) mass is 465 g/mol. The van der Waals surface area contributed by atoms with E-state index in [4.69, 9.17) is 9.47 Å². The van der Waals surface area contributed by atoms with E-state index in [0.29, 0.717) is 17.9 Å². The Morgan fingerprint density at radius 2 is 1.71 bits per heavy atom. The molecule has 0 spiro atoms. The van der Waals surface area contributed by atoms with Crippen molar-refractivity contribution < 1.29 is 19.1 Å². The van der Waals surface area contributed by atoms with Gasteiger partial charge in [-0.05, 0) is 64.8 Å². The molecule has 1 fully saturated rings. The predicted molar refractivity (Wildman–Crippen MR) is 135 cm³/mol. The lowest BCUT2D eigenvalue weighted by molar-refractivity contribution is 0.0866. The molecule has 1 aliphatic carbocycles. The van der Waals surface area contributed by atoms with Gasteiger partial charge in [-0.1, -0.05) is 60.7 Å². The summed E-state index contributed by atoms with van der Waals surface area (Å²) in [5.74, 6) is 0.629. The maximum Gasteiger partial charge on any atom is 0.410 e. The van der Waals surface area contributed by atoms with Crippen LogP contribution in [0.3, 0.4) is 0 Å². The van der Waals surface area contributed by atoms with Crippen molar-refractivity contribution in [1.29, 1.82) is 0 Å². The summed E-state index contributed by atoms with van der Waals surface area (Å²) in [5.41, 5.74) is 7.61. The minimum Gasteiger partial charge on any atom is -0.496 e. The number of hydrogen-bond acceptors (Lipinski definition) is 4. The average Bonchev–Trinajstić information content (AvgIpc) is 3.37. The number of rotatable bonds is 5. The highest BCUT2D eigenvalue weighted by atomic mass is 16.6. The first-order valence-corrected chi connectivity index (χ1v) is 12.2. The highest BCUT2D eigenvalue weighted by Crippen LogP contribution is 2.45. The molecule has 2 bridgehead atoms. The molecule has 6 rings (SSSR count). The normalized spacial score (nSPS) is 20.1. The zero-order valence-corrected chi connectivity index (χ0v) is 19.6. The Kier molecular flexibility index (Phi) is 5.40. The van der Waals surface area contributed by atoms with Crippen LogP contribution in [0.5, 0.6) is 5.75 Å². The maximum atomic E-state index is 13.3. The second-order valence-corrected chi connectivity index (χ2v) is 9.48. The minimum absolute atomic E-state index is 0.0150. The van der Waals surface area contributed by atoms with E-state index in [1.807, 2.05) is 35.2 Å². The second-order valence-electron chi connectivity index (χ2n) is 9.48. The number of carbonyl (C=O) groups excluding carboxylic acids is 2. The van der Waals surface area contributed by atoms with Gasteiger partial charge in [-0.2, -0.15) is 0 Å². The number of amides is 1. The first-order valence-electron chi connectivity index (χ1n) is 12.2. The van der Waals surface area contributed by atoms with Gasteiger partial charge in [0.05, 0.1) is 18.7 Å². The number of hydrogen-bond donors (Lipinski definition) is 0. The van der Waals surface area contributed by atoms with E-state index in [1.54, 1.807) is 7.11 Å². The van der Waals surface area contributed by atoms with Crippen LogP contribution in [-0.4, -0.2) is 43.1 Å². The Morgan fingerprint density at radius 3 is 2.37 bits per heavy atom. The Hall–Kier alpha value is -3.86. The number of ether oxygens (including phenoxy) is 2. The molecule has 0 aromatic heterocycles. The molecule has 2 atom stereocenters. The van der Waals surface area contributed by atoms with Crippen LogP contribution in [0.4, 0.5) is 4.79 Å². The Bertz CT molecular complexity index is 1300. The van der Waals surface area contributed by atoms with Crippen molar-refractivity contribution in [3.63, 3.8) is 0 Å².